The minimum Gasteiger partial charge on any atom is -0.334 e. The van der Waals surface area contributed by atoms with Crippen molar-refractivity contribution in [3.63, 3.8) is 0 Å². The average molecular weight is 258 g/mol. The fraction of sp³-hybridized carbons (Fsp3) is 0.556. The van der Waals surface area contributed by atoms with Crippen LogP contribution in [0.4, 0.5) is 0 Å². The number of likely N-dealkylation sites (N-methyl/N-ethyl adjacent to an activating group) is 1. The molecule has 2 radical (unpaired) electrons. The van der Waals surface area contributed by atoms with Gasteiger partial charge in [-0.1, -0.05) is 11.6 Å². The molecule has 0 spiro atoms. The summed E-state index contributed by atoms with van der Waals surface area (Å²) in [6.45, 7) is 4.73. The Hall–Kier alpha value is -0.585. The van der Waals surface area contributed by atoms with E-state index in [0.29, 0.717) is 17.9 Å². The highest BCUT2D eigenvalue weighted by Crippen LogP contribution is 2.14. The van der Waals surface area contributed by atoms with Gasteiger partial charge >= 0.3 is 0 Å². The van der Waals surface area contributed by atoms with E-state index in [1.807, 2.05) is 13.8 Å². The Morgan fingerprint density at radius 3 is 2.75 bits per heavy atom. The summed E-state index contributed by atoms with van der Waals surface area (Å²) in [6, 6.07) is -0.0441. The van der Waals surface area contributed by atoms with Gasteiger partial charge in [0, 0.05) is 19.1 Å². The number of hydrogen-bond donors (Lipinski definition) is 1. The van der Waals surface area contributed by atoms with Gasteiger partial charge < -0.3 is 10.6 Å². The van der Waals surface area contributed by atoms with Crippen LogP contribution in [0.1, 0.15) is 24.3 Å². The van der Waals surface area contributed by atoms with Gasteiger partial charge in [0.2, 0.25) is 0 Å². The summed E-state index contributed by atoms with van der Waals surface area (Å²) < 4.78 is 0.620. The van der Waals surface area contributed by atoms with E-state index in [-0.39, 0.29) is 22.1 Å². The van der Waals surface area contributed by atoms with Crippen molar-refractivity contribution < 1.29 is 4.79 Å². The summed E-state index contributed by atoms with van der Waals surface area (Å²) in [7, 11) is 5.67. The van der Waals surface area contributed by atoms with Gasteiger partial charge in [-0.3, -0.25) is 4.79 Å². The van der Waals surface area contributed by atoms with Crippen LogP contribution in [0.15, 0.2) is 0 Å². The third kappa shape index (κ3) is 2.75. The SMILES string of the molecule is [B]c1sc(Cl)nc1C(=O)N(CC)[C@@H](C)CN. The van der Waals surface area contributed by atoms with E-state index in [9.17, 15) is 4.79 Å². The predicted molar refractivity (Wildman–Crippen MR) is 67.7 cm³/mol. The minimum absolute atomic E-state index is 0.0441. The van der Waals surface area contributed by atoms with Crippen LogP contribution in [-0.4, -0.2) is 42.8 Å². The van der Waals surface area contributed by atoms with Gasteiger partial charge in [0.05, 0.1) is 0 Å². The fourth-order valence-corrected chi connectivity index (χ4v) is 2.26. The molecule has 0 saturated carbocycles. The van der Waals surface area contributed by atoms with E-state index >= 15 is 0 Å². The summed E-state index contributed by atoms with van der Waals surface area (Å²) in [5.74, 6) is -0.221. The summed E-state index contributed by atoms with van der Waals surface area (Å²) in [4.78, 5) is 17.6. The molecule has 4 nitrogen and oxygen atoms in total. The van der Waals surface area contributed by atoms with E-state index in [1.54, 1.807) is 4.90 Å². The molecular weight excluding hydrogens is 244 g/mol. The Labute approximate surface area is 105 Å². The van der Waals surface area contributed by atoms with Crippen molar-refractivity contribution in [3.8, 4) is 0 Å². The van der Waals surface area contributed by atoms with E-state index < -0.39 is 0 Å². The van der Waals surface area contributed by atoms with Crippen molar-refractivity contribution in [2.24, 2.45) is 5.73 Å². The van der Waals surface area contributed by atoms with Crippen LogP contribution in [0.2, 0.25) is 4.47 Å². The van der Waals surface area contributed by atoms with Crippen LogP contribution in [0, 0.1) is 0 Å². The number of rotatable bonds is 4. The lowest BCUT2D eigenvalue weighted by Crippen LogP contribution is -2.43. The fourth-order valence-electron chi connectivity index (χ4n) is 1.38. The zero-order valence-corrected chi connectivity index (χ0v) is 10.8. The van der Waals surface area contributed by atoms with Gasteiger partial charge in [0.15, 0.2) is 4.47 Å². The average Bonchev–Trinajstić information content (AvgIpc) is 2.58. The summed E-state index contributed by atoms with van der Waals surface area (Å²) >= 11 is 6.80. The molecule has 1 heterocycles. The number of aromatic nitrogens is 1. The molecule has 0 saturated heterocycles. The first-order valence-electron chi connectivity index (χ1n) is 4.94. The molecule has 1 amide bonds. The Bertz CT molecular complexity index is 385. The maximum absolute atomic E-state index is 12.1. The topological polar surface area (TPSA) is 59.2 Å². The van der Waals surface area contributed by atoms with Crippen molar-refractivity contribution in [1.29, 1.82) is 0 Å². The first kappa shape index (κ1) is 13.5. The number of carbonyl (C=O) groups is 1. The lowest BCUT2D eigenvalue weighted by atomic mass is 10.0. The second kappa shape index (κ2) is 5.66. The molecule has 0 aromatic carbocycles. The van der Waals surface area contributed by atoms with E-state index in [0.717, 1.165) is 11.3 Å². The highest BCUT2D eigenvalue weighted by Gasteiger charge is 2.23. The maximum Gasteiger partial charge on any atom is 0.273 e. The molecule has 0 fully saturated rings. The van der Waals surface area contributed by atoms with E-state index in [1.165, 1.54) is 0 Å². The smallest absolute Gasteiger partial charge is 0.273 e. The summed E-state index contributed by atoms with van der Waals surface area (Å²) in [5, 5.41) is 0. The molecule has 0 unspecified atom stereocenters. The van der Waals surface area contributed by atoms with Crippen LogP contribution < -0.4 is 10.5 Å². The van der Waals surface area contributed by atoms with Crippen molar-refractivity contribution in [2.45, 2.75) is 19.9 Å². The van der Waals surface area contributed by atoms with Gasteiger partial charge in [-0.25, -0.2) is 4.98 Å². The monoisotopic (exact) mass is 257 g/mol. The lowest BCUT2D eigenvalue weighted by Gasteiger charge is -2.26. The number of halogens is 1. The zero-order valence-electron chi connectivity index (χ0n) is 9.24. The molecule has 16 heavy (non-hydrogen) atoms. The molecule has 1 atom stereocenters. The predicted octanol–water partition coefficient (Wildman–Crippen LogP) is 0.400. The summed E-state index contributed by atoms with van der Waals surface area (Å²) in [5.41, 5.74) is 5.76. The molecule has 0 aliphatic heterocycles. The molecule has 1 aromatic heterocycles. The van der Waals surface area contributed by atoms with E-state index in [4.69, 9.17) is 25.2 Å². The molecule has 0 aliphatic rings. The number of carbonyl (C=O) groups excluding carboxylic acids is 1. The third-order valence-corrected chi connectivity index (χ3v) is 3.29. The zero-order chi connectivity index (χ0) is 12.3. The standard InChI is InChI=1S/C9H13BClN3OS/c1-3-14(5(2)4-12)8(15)6-7(10)16-9(11)13-6/h5H,3-4,12H2,1-2H3/t5-/m0/s1. The third-order valence-electron chi connectivity index (χ3n) is 2.30. The molecule has 1 aromatic rings. The molecule has 0 bridgehead atoms. The van der Waals surface area contributed by atoms with Crippen molar-refractivity contribution >= 4 is 41.5 Å². The molecular formula is C9H13BClN3OS. The quantitative estimate of drug-likeness (QED) is 0.795. The summed E-state index contributed by atoms with van der Waals surface area (Å²) in [6.07, 6.45) is 0. The highest BCUT2D eigenvalue weighted by atomic mass is 35.5. The van der Waals surface area contributed by atoms with Gasteiger partial charge in [0.1, 0.15) is 13.5 Å². The maximum atomic E-state index is 12.1. The Balaban J connectivity index is 2.95. The van der Waals surface area contributed by atoms with Crippen LogP contribution in [-0.2, 0) is 0 Å². The molecule has 2 N–H and O–H groups in total. The molecule has 7 heteroatoms. The highest BCUT2D eigenvalue weighted by molar-refractivity contribution is 7.23. The van der Waals surface area contributed by atoms with Gasteiger partial charge in [-0.2, -0.15) is 0 Å². The van der Waals surface area contributed by atoms with Gasteiger partial charge in [0.25, 0.3) is 5.91 Å². The first-order chi connectivity index (χ1) is 7.51. The normalized spacial score (nSPS) is 12.5. The lowest BCUT2D eigenvalue weighted by molar-refractivity contribution is 0.0705. The van der Waals surface area contributed by atoms with E-state index in [2.05, 4.69) is 4.98 Å². The number of nitrogens with two attached hydrogens (primary N) is 1. The second-order valence-corrected chi connectivity index (χ2v) is 4.97. The number of hydrogen-bond acceptors (Lipinski definition) is 4. The van der Waals surface area contributed by atoms with Crippen LogP contribution >= 0.6 is 22.9 Å². The Morgan fingerprint density at radius 1 is 1.75 bits per heavy atom. The molecule has 86 valence electrons. The van der Waals surface area contributed by atoms with Crippen LogP contribution in [0.5, 0.6) is 0 Å². The second-order valence-electron chi connectivity index (χ2n) is 3.36. The number of thiazole rings is 1. The van der Waals surface area contributed by atoms with Crippen molar-refractivity contribution in [1.82, 2.24) is 9.88 Å². The Kier molecular flexibility index (Phi) is 4.77. The molecule has 1 rings (SSSR count). The number of amides is 1. The van der Waals surface area contributed by atoms with Crippen molar-refractivity contribution in [3.05, 3.63) is 10.2 Å². The van der Waals surface area contributed by atoms with Gasteiger partial charge in [-0.05, 0) is 18.6 Å². The van der Waals surface area contributed by atoms with Gasteiger partial charge in [-0.15, -0.1) is 11.3 Å². The first-order valence-corrected chi connectivity index (χ1v) is 6.13. The number of nitrogens with zero attached hydrogens (tertiary/aromatic N) is 2. The minimum atomic E-state index is -0.221. The van der Waals surface area contributed by atoms with Crippen molar-refractivity contribution in [2.75, 3.05) is 13.1 Å². The van der Waals surface area contributed by atoms with Crippen LogP contribution in [0.25, 0.3) is 0 Å². The van der Waals surface area contributed by atoms with Crippen LogP contribution in [0.3, 0.4) is 0 Å². The largest absolute Gasteiger partial charge is 0.334 e. The Morgan fingerprint density at radius 2 is 2.38 bits per heavy atom. The molecule has 0 aliphatic carbocycles.